The van der Waals surface area contributed by atoms with E-state index in [1.54, 1.807) is 6.20 Å². The van der Waals surface area contributed by atoms with Crippen molar-refractivity contribution in [3.8, 4) is 11.4 Å². The Bertz CT molecular complexity index is 1180. The Morgan fingerprint density at radius 3 is 2.85 bits per heavy atom. The molecule has 0 amide bonds. The van der Waals surface area contributed by atoms with Crippen LogP contribution in [-0.2, 0) is 10.3 Å². The quantitative estimate of drug-likeness (QED) is 0.591. The zero-order chi connectivity index (χ0) is 18.6. The van der Waals surface area contributed by atoms with Crippen LogP contribution in [0.1, 0.15) is 23.2 Å². The molecule has 1 unspecified atom stereocenters. The van der Waals surface area contributed by atoms with E-state index in [4.69, 9.17) is 4.74 Å². The first-order chi connectivity index (χ1) is 13.1. The Balaban J connectivity index is 1.79. The van der Waals surface area contributed by atoms with Gasteiger partial charge in [-0.15, -0.1) is 10.2 Å². The van der Waals surface area contributed by atoms with Crippen LogP contribution in [0.25, 0.3) is 28.2 Å². The van der Waals surface area contributed by atoms with Gasteiger partial charge in [-0.2, -0.15) is 0 Å². The van der Waals surface area contributed by atoms with Gasteiger partial charge in [-0.3, -0.25) is 4.40 Å². The molecule has 1 atom stereocenters. The molecule has 4 aromatic rings. The first kappa shape index (κ1) is 16.3. The smallest absolute Gasteiger partial charge is 0.184 e. The van der Waals surface area contributed by atoms with Gasteiger partial charge < -0.3 is 9.84 Å². The van der Waals surface area contributed by atoms with Gasteiger partial charge in [0, 0.05) is 24.8 Å². The van der Waals surface area contributed by atoms with Gasteiger partial charge in [-0.1, -0.05) is 12.1 Å². The van der Waals surface area contributed by atoms with Crippen LogP contribution in [0.3, 0.4) is 0 Å². The summed E-state index contributed by atoms with van der Waals surface area (Å²) in [4.78, 5) is 9.09. The summed E-state index contributed by atoms with van der Waals surface area (Å²) in [7, 11) is 0. The number of aromatic nitrogens is 5. The minimum atomic E-state index is -0.958. The second kappa shape index (κ2) is 5.80. The average molecular weight is 361 g/mol. The number of fused-ring (bicyclic) bond motifs is 3. The lowest BCUT2D eigenvalue weighted by Crippen LogP contribution is -2.25. The molecule has 7 heteroatoms. The van der Waals surface area contributed by atoms with Crippen LogP contribution in [0, 0.1) is 13.8 Å². The minimum absolute atomic E-state index is 0.309. The Morgan fingerprint density at radius 1 is 1.15 bits per heavy atom. The van der Waals surface area contributed by atoms with E-state index in [2.05, 4.69) is 20.2 Å². The van der Waals surface area contributed by atoms with Crippen LogP contribution in [0.5, 0.6) is 0 Å². The Hall–Kier alpha value is -2.90. The molecular weight excluding hydrogens is 342 g/mol. The van der Waals surface area contributed by atoms with Gasteiger partial charge in [-0.25, -0.2) is 9.97 Å². The number of rotatable bonds is 2. The Kier molecular flexibility index (Phi) is 3.50. The molecule has 0 bridgehead atoms. The second-order valence-electron chi connectivity index (χ2n) is 7.09. The van der Waals surface area contributed by atoms with E-state index in [1.807, 2.05) is 48.6 Å². The van der Waals surface area contributed by atoms with Crippen molar-refractivity contribution in [2.75, 3.05) is 13.2 Å². The van der Waals surface area contributed by atoms with Gasteiger partial charge in [0.15, 0.2) is 17.1 Å². The largest absolute Gasteiger partial charge is 0.383 e. The van der Waals surface area contributed by atoms with Crippen LogP contribution in [-0.4, -0.2) is 42.9 Å². The fourth-order valence-corrected chi connectivity index (χ4v) is 3.71. The summed E-state index contributed by atoms with van der Waals surface area (Å²) < 4.78 is 7.36. The molecule has 5 rings (SSSR count). The van der Waals surface area contributed by atoms with Crippen molar-refractivity contribution in [2.24, 2.45) is 0 Å². The number of nitrogens with zero attached hydrogens (tertiary/aromatic N) is 5. The molecule has 1 aromatic carbocycles. The van der Waals surface area contributed by atoms with E-state index in [0.29, 0.717) is 36.8 Å². The fraction of sp³-hybridized carbons (Fsp3) is 0.300. The number of aliphatic hydroxyl groups is 1. The lowest BCUT2D eigenvalue weighted by atomic mass is 9.90. The SMILES string of the molecule is Cc1ccc(C2(O)CCOC2)cc1-c1nnc2c(C)nc3cccnc3n12. The first-order valence-corrected chi connectivity index (χ1v) is 8.95. The van der Waals surface area contributed by atoms with E-state index in [0.717, 1.165) is 27.9 Å². The standard InChI is InChI=1S/C20H19N5O2/c1-12-5-6-14(20(26)7-9-27-11-20)10-15(12)18-24-23-17-13(2)22-16-4-3-8-21-19(16)25(17)18/h3-6,8,10,26H,7,9,11H2,1-2H3. The van der Waals surface area contributed by atoms with Crippen molar-refractivity contribution in [2.45, 2.75) is 25.9 Å². The summed E-state index contributed by atoms with van der Waals surface area (Å²) in [5, 5.41) is 19.7. The molecular formula is C20H19N5O2. The van der Waals surface area contributed by atoms with Crippen LogP contribution < -0.4 is 0 Å². The molecule has 27 heavy (non-hydrogen) atoms. The van der Waals surface area contributed by atoms with Gasteiger partial charge in [-0.05, 0) is 43.2 Å². The summed E-state index contributed by atoms with van der Waals surface area (Å²) in [6.07, 6.45) is 2.33. The summed E-state index contributed by atoms with van der Waals surface area (Å²) in [5.41, 5.74) is 4.83. The molecule has 0 saturated carbocycles. The monoisotopic (exact) mass is 361 g/mol. The van der Waals surface area contributed by atoms with Crippen molar-refractivity contribution in [1.29, 1.82) is 0 Å². The fourth-order valence-electron chi connectivity index (χ4n) is 3.71. The van der Waals surface area contributed by atoms with Crippen LogP contribution in [0.4, 0.5) is 0 Å². The normalized spacial score (nSPS) is 20.0. The van der Waals surface area contributed by atoms with Crippen LogP contribution >= 0.6 is 0 Å². The molecule has 136 valence electrons. The number of aryl methyl sites for hydroxylation is 2. The molecule has 1 N–H and O–H groups in total. The van der Waals surface area contributed by atoms with Gasteiger partial charge >= 0.3 is 0 Å². The van der Waals surface area contributed by atoms with Crippen molar-refractivity contribution in [1.82, 2.24) is 24.6 Å². The number of ether oxygens (including phenoxy) is 1. The second-order valence-corrected chi connectivity index (χ2v) is 7.09. The predicted molar refractivity (Wildman–Crippen MR) is 100 cm³/mol. The first-order valence-electron chi connectivity index (χ1n) is 8.95. The summed E-state index contributed by atoms with van der Waals surface area (Å²) in [5.74, 6) is 0.695. The van der Waals surface area contributed by atoms with E-state index in [-0.39, 0.29) is 0 Å². The van der Waals surface area contributed by atoms with Gasteiger partial charge in [0.05, 0.1) is 12.3 Å². The summed E-state index contributed by atoms with van der Waals surface area (Å²) >= 11 is 0. The van der Waals surface area contributed by atoms with Crippen molar-refractivity contribution >= 4 is 16.8 Å². The highest BCUT2D eigenvalue weighted by molar-refractivity contribution is 5.78. The van der Waals surface area contributed by atoms with E-state index >= 15 is 0 Å². The molecule has 1 saturated heterocycles. The third-order valence-electron chi connectivity index (χ3n) is 5.27. The molecule has 1 fully saturated rings. The lowest BCUT2D eigenvalue weighted by Gasteiger charge is -2.22. The maximum atomic E-state index is 10.9. The third-order valence-corrected chi connectivity index (χ3v) is 5.27. The number of hydrogen-bond acceptors (Lipinski definition) is 6. The average Bonchev–Trinajstić information content (AvgIpc) is 3.30. The third kappa shape index (κ3) is 2.43. The van der Waals surface area contributed by atoms with Crippen molar-refractivity contribution in [3.63, 3.8) is 0 Å². The lowest BCUT2D eigenvalue weighted by molar-refractivity contribution is 0.0232. The molecule has 0 spiro atoms. The van der Waals surface area contributed by atoms with Gasteiger partial charge in [0.1, 0.15) is 11.1 Å². The van der Waals surface area contributed by atoms with Crippen LogP contribution in [0.2, 0.25) is 0 Å². The van der Waals surface area contributed by atoms with Gasteiger partial charge in [0.25, 0.3) is 0 Å². The Morgan fingerprint density at radius 2 is 2.04 bits per heavy atom. The predicted octanol–water partition coefficient (Wildman–Crippen LogP) is 2.56. The highest BCUT2D eigenvalue weighted by atomic mass is 16.5. The topological polar surface area (TPSA) is 85.4 Å². The summed E-state index contributed by atoms with van der Waals surface area (Å²) in [6.45, 7) is 4.82. The van der Waals surface area contributed by atoms with E-state index in [9.17, 15) is 5.11 Å². The van der Waals surface area contributed by atoms with Crippen LogP contribution in [0.15, 0.2) is 36.5 Å². The zero-order valence-corrected chi connectivity index (χ0v) is 15.2. The molecule has 7 nitrogen and oxygen atoms in total. The molecule has 0 aliphatic carbocycles. The van der Waals surface area contributed by atoms with E-state index in [1.165, 1.54) is 0 Å². The van der Waals surface area contributed by atoms with Gasteiger partial charge in [0.2, 0.25) is 0 Å². The number of hydrogen-bond donors (Lipinski definition) is 1. The highest BCUT2D eigenvalue weighted by Crippen LogP contribution is 2.34. The molecule has 0 radical (unpaired) electrons. The zero-order valence-electron chi connectivity index (χ0n) is 15.2. The molecule has 1 aliphatic rings. The number of benzene rings is 1. The minimum Gasteiger partial charge on any atom is -0.383 e. The number of pyridine rings is 1. The van der Waals surface area contributed by atoms with Crippen molar-refractivity contribution < 1.29 is 9.84 Å². The van der Waals surface area contributed by atoms with E-state index < -0.39 is 5.60 Å². The maximum absolute atomic E-state index is 10.9. The van der Waals surface area contributed by atoms with Crippen molar-refractivity contribution in [3.05, 3.63) is 53.3 Å². The highest BCUT2D eigenvalue weighted by Gasteiger charge is 2.34. The maximum Gasteiger partial charge on any atom is 0.184 e. The molecule has 4 heterocycles. The molecule has 1 aliphatic heterocycles. The summed E-state index contributed by atoms with van der Waals surface area (Å²) in [6, 6.07) is 9.75. The molecule has 3 aromatic heterocycles. The Labute approximate surface area is 155 Å².